The third kappa shape index (κ3) is 2.02. The maximum atomic E-state index is 11.4. The van der Waals surface area contributed by atoms with Crippen molar-refractivity contribution in [3.8, 4) is 5.75 Å². The normalized spacial score (nSPS) is 10.4. The van der Waals surface area contributed by atoms with Crippen molar-refractivity contribution in [3.63, 3.8) is 0 Å². The van der Waals surface area contributed by atoms with Crippen LogP contribution in [0.5, 0.6) is 5.75 Å². The Morgan fingerprint density at radius 2 is 2.19 bits per heavy atom. The van der Waals surface area contributed by atoms with Gasteiger partial charge in [-0.25, -0.2) is 4.79 Å². The minimum atomic E-state index is -0.292. The summed E-state index contributed by atoms with van der Waals surface area (Å²) in [6.45, 7) is 2.58. The highest BCUT2D eigenvalue weighted by atomic mass is 32.1. The number of hydrogen-bond donors (Lipinski definition) is 0. The third-order valence-electron chi connectivity index (χ3n) is 2.19. The van der Waals surface area contributed by atoms with Crippen LogP contribution < -0.4 is 4.74 Å². The van der Waals surface area contributed by atoms with Crippen molar-refractivity contribution in [1.29, 1.82) is 0 Å². The molecule has 2 rings (SSSR count). The summed E-state index contributed by atoms with van der Waals surface area (Å²) < 4.78 is 11.1. The highest BCUT2D eigenvalue weighted by molar-refractivity contribution is 7.20. The Hall–Kier alpha value is -1.55. The van der Waals surface area contributed by atoms with Gasteiger partial charge in [0.15, 0.2) is 0 Å². The molecule has 3 nitrogen and oxygen atoms in total. The highest BCUT2D eigenvalue weighted by Gasteiger charge is 2.10. The molecule has 1 heterocycles. The summed E-state index contributed by atoms with van der Waals surface area (Å²) in [6, 6.07) is 7.62. The molecule has 0 fully saturated rings. The van der Waals surface area contributed by atoms with Gasteiger partial charge in [-0.05, 0) is 36.6 Å². The fourth-order valence-electron chi connectivity index (χ4n) is 1.48. The van der Waals surface area contributed by atoms with E-state index in [-0.39, 0.29) is 5.97 Å². The minimum Gasteiger partial charge on any atom is -0.494 e. The first-order chi connectivity index (χ1) is 7.74. The molecule has 0 spiro atoms. The van der Waals surface area contributed by atoms with E-state index in [4.69, 9.17) is 4.74 Å². The van der Waals surface area contributed by atoms with Crippen LogP contribution in [0, 0.1) is 0 Å². The number of carbonyl (C=O) groups is 1. The van der Waals surface area contributed by atoms with E-state index < -0.39 is 0 Å². The number of thiophene rings is 1. The molecule has 0 amide bonds. The van der Waals surface area contributed by atoms with Gasteiger partial charge in [-0.2, -0.15) is 0 Å². The molecule has 0 aliphatic carbocycles. The molecule has 0 saturated heterocycles. The maximum absolute atomic E-state index is 11.4. The van der Waals surface area contributed by atoms with E-state index >= 15 is 0 Å². The Kier molecular flexibility index (Phi) is 3.10. The number of ether oxygens (including phenoxy) is 2. The molecule has 1 aromatic heterocycles. The van der Waals surface area contributed by atoms with E-state index in [1.54, 1.807) is 0 Å². The zero-order chi connectivity index (χ0) is 11.5. The molecule has 0 atom stereocenters. The number of methoxy groups -OCH3 is 1. The van der Waals surface area contributed by atoms with Gasteiger partial charge in [0, 0.05) is 4.70 Å². The number of hydrogen-bond acceptors (Lipinski definition) is 4. The third-order valence-corrected chi connectivity index (χ3v) is 3.28. The van der Waals surface area contributed by atoms with Crippen molar-refractivity contribution in [2.24, 2.45) is 0 Å². The van der Waals surface area contributed by atoms with E-state index in [1.807, 2.05) is 31.2 Å². The van der Waals surface area contributed by atoms with Gasteiger partial charge in [0.05, 0.1) is 13.7 Å². The zero-order valence-electron chi connectivity index (χ0n) is 9.15. The van der Waals surface area contributed by atoms with Crippen LogP contribution in [0.15, 0.2) is 24.3 Å². The summed E-state index contributed by atoms with van der Waals surface area (Å²) in [7, 11) is 1.39. The van der Waals surface area contributed by atoms with Gasteiger partial charge in [0.25, 0.3) is 0 Å². The van der Waals surface area contributed by atoms with Crippen LogP contribution >= 0.6 is 11.3 Å². The van der Waals surface area contributed by atoms with E-state index in [0.29, 0.717) is 11.5 Å². The predicted octanol–water partition coefficient (Wildman–Crippen LogP) is 3.09. The fourth-order valence-corrected chi connectivity index (χ4v) is 2.44. The van der Waals surface area contributed by atoms with Crippen LogP contribution in [0.3, 0.4) is 0 Å². The van der Waals surface area contributed by atoms with Crippen molar-refractivity contribution in [1.82, 2.24) is 0 Å². The van der Waals surface area contributed by atoms with Crippen LogP contribution in [0.4, 0.5) is 0 Å². The van der Waals surface area contributed by atoms with Gasteiger partial charge in [0.2, 0.25) is 0 Å². The molecule has 0 unspecified atom stereocenters. The number of esters is 1. The van der Waals surface area contributed by atoms with E-state index in [9.17, 15) is 4.79 Å². The van der Waals surface area contributed by atoms with Crippen molar-refractivity contribution < 1.29 is 14.3 Å². The molecule has 0 aliphatic heterocycles. The average Bonchev–Trinajstić information content (AvgIpc) is 2.71. The van der Waals surface area contributed by atoms with Gasteiger partial charge in [-0.3, -0.25) is 0 Å². The summed E-state index contributed by atoms with van der Waals surface area (Å²) in [4.78, 5) is 12.0. The molecule has 2 aromatic rings. The van der Waals surface area contributed by atoms with Crippen LogP contribution in [0.2, 0.25) is 0 Å². The lowest BCUT2D eigenvalue weighted by molar-refractivity contribution is 0.0606. The quantitative estimate of drug-likeness (QED) is 0.768. The molecule has 0 aliphatic rings. The second-order valence-corrected chi connectivity index (χ2v) is 4.32. The zero-order valence-corrected chi connectivity index (χ0v) is 9.97. The van der Waals surface area contributed by atoms with Crippen molar-refractivity contribution in [2.45, 2.75) is 6.92 Å². The molecule has 0 radical (unpaired) electrons. The van der Waals surface area contributed by atoms with Crippen molar-refractivity contribution >= 4 is 27.4 Å². The fraction of sp³-hybridized carbons (Fsp3) is 0.250. The first kappa shape index (κ1) is 11.0. The molecule has 0 saturated carbocycles. The first-order valence-electron chi connectivity index (χ1n) is 4.99. The highest BCUT2D eigenvalue weighted by Crippen LogP contribution is 2.29. The van der Waals surface area contributed by atoms with Gasteiger partial charge in [-0.1, -0.05) is 0 Å². The van der Waals surface area contributed by atoms with E-state index in [1.165, 1.54) is 18.4 Å². The largest absolute Gasteiger partial charge is 0.494 e. The molecular formula is C12H12O3S. The summed E-state index contributed by atoms with van der Waals surface area (Å²) in [5.41, 5.74) is 0. The summed E-state index contributed by atoms with van der Waals surface area (Å²) in [5.74, 6) is 0.531. The lowest BCUT2D eigenvalue weighted by Gasteiger charge is -2.01. The van der Waals surface area contributed by atoms with Crippen LogP contribution in [-0.4, -0.2) is 19.7 Å². The summed E-state index contributed by atoms with van der Waals surface area (Å²) in [5, 5.41) is 1.01. The second-order valence-electron chi connectivity index (χ2n) is 3.23. The van der Waals surface area contributed by atoms with Crippen LogP contribution in [0.25, 0.3) is 10.1 Å². The molecule has 0 bridgehead atoms. The molecule has 0 N–H and O–H groups in total. The standard InChI is InChI=1S/C12H12O3S/c1-3-15-9-4-5-10-8(6-9)7-11(16-10)12(13)14-2/h4-7H,3H2,1-2H3. The predicted molar refractivity (Wildman–Crippen MR) is 64.3 cm³/mol. The van der Waals surface area contributed by atoms with E-state index in [2.05, 4.69) is 4.74 Å². The minimum absolute atomic E-state index is 0.292. The lowest BCUT2D eigenvalue weighted by atomic mass is 10.2. The van der Waals surface area contributed by atoms with Crippen molar-refractivity contribution in [2.75, 3.05) is 13.7 Å². The average molecular weight is 236 g/mol. The SMILES string of the molecule is CCOc1ccc2sc(C(=O)OC)cc2c1. The molecule has 84 valence electrons. The Morgan fingerprint density at radius 1 is 1.38 bits per heavy atom. The van der Waals surface area contributed by atoms with E-state index in [0.717, 1.165) is 15.8 Å². The molecule has 1 aromatic carbocycles. The summed E-state index contributed by atoms with van der Waals surface area (Å²) >= 11 is 1.43. The Balaban J connectivity index is 2.41. The molecule has 4 heteroatoms. The number of rotatable bonds is 3. The topological polar surface area (TPSA) is 35.5 Å². The lowest BCUT2D eigenvalue weighted by Crippen LogP contribution is -1.96. The smallest absolute Gasteiger partial charge is 0.348 e. The van der Waals surface area contributed by atoms with Gasteiger partial charge in [0.1, 0.15) is 10.6 Å². The monoisotopic (exact) mass is 236 g/mol. The Bertz CT molecular complexity index is 516. The van der Waals surface area contributed by atoms with Gasteiger partial charge >= 0.3 is 5.97 Å². The first-order valence-corrected chi connectivity index (χ1v) is 5.81. The molecule has 16 heavy (non-hydrogen) atoms. The van der Waals surface area contributed by atoms with Gasteiger partial charge < -0.3 is 9.47 Å². The summed E-state index contributed by atoms with van der Waals surface area (Å²) in [6.07, 6.45) is 0. The second kappa shape index (κ2) is 4.53. The Morgan fingerprint density at radius 3 is 2.88 bits per heavy atom. The Labute approximate surface area is 97.6 Å². The maximum Gasteiger partial charge on any atom is 0.348 e. The number of benzene rings is 1. The number of fused-ring (bicyclic) bond motifs is 1. The van der Waals surface area contributed by atoms with Crippen LogP contribution in [-0.2, 0) is 4.74 Å². The van der Waals surface area contributed by atoms with Gasteiger partial charge in [-0.15, -0.1) is 11.3 Å². The molecular weight excluding hydrogens is 224 g/mol. The van der Waals surface area contributed by atoms with Crippen LogP contribution in [0.1, 0.15) is 16.6 Å². The number of carbonyl (C=O) groups excluding carboxylic acids is 1. The van der Waals surface area contributed by atoms with Crippen molar-refractivity contribution in [3.05, 3.63) is 29.1 Å².